The van der Waals surface area contributed by atoms with Crippen molar-refractivity contribution in [1.82, 2.24) is 0 Å². The van der Waals surface area contributed by atoms with Crippen LogP contribution in [0.4, 0.5) is 18.9 Å². The molecule has 0 aliphatic heterocycles. The van der Waals surface area contributed by atoms with E-state index in [-0.39, 0.29) is 31.5 Å². The van der Waals surface area contributed by atoms with Gasteiger partial charge in [0.1, 0.15) is 0 Å². The van der Waals surface area contributed by atoms with E-state index >= 15 is 0 Å². The van der Waals surface area contributed by atoms with Gasteiger partial charge in [-0.2, -0.15) is 13.2 Å². The van der Waals surface area contributed by atoms with E-state index < -0.39 is 18.6 Å². The number of anilines is 1. The number of ether oxygens (including phenoxy) is 1. The second kappa shape index (κ2) is 10.2. The molecule has 24 heavy (non-hydrogen) atoms. The van der Waals surface area contributed by atoms with Gasteiger partial charge in [0.2, 0.25) is 0 Å². The summed E-state index contributed by atoms with van der Waals surface area (Å²) in [6.45, 7) is 2.17. The molecule has 2 unspecified atom stereocenters. The average Bonchev–Trinajstić information content (AvgIpc) is 2.49. The van der Waals surface area contributed by atoms with Gasteiger partial charge in [-0.05, 0) is 30.4 Å². The first kappa shape index (κ1) is 20.3. The van der Waals surface area contributed by atoms with Crippen molar-refractivity contribution in [2.24, 2.45) is 11.8 Å². The van der Waals surface area contributed by atoms with E-state index in [0.717, 1.165) is 5.69 Å². The lowest BCUT2D eigenvalue weighted by Gasteiger charge is -2.21. The normalized spacial score (nSPS) is 14.2. The third kappa shape index (κ3) is 10.1. The first-order valence-electron chi connectivity index (χ1n) is 7.91. The monoisotopic (exact) mass is 347 g/mol. The van der Waals surface area contributed by atoms with Crippen LogP contribution in [0.25, 0.3) is 0 Å². The summed E-state index contributed by atoms with van der Waals surface area (Å²) in [7, 11) is 0. The van der Waals surface area contributed by atoms with E-state index in [1.165, 1.54) is 0 Å². The highest BCUT2D eigenvalue weighted by Crippen LogP contribution is 2.21. The van der Waals surface area contributed by atoms with Gasteiger partial charge in [0.15, 0.2) is 0 Å². The molecule has 1 rings (SSSR count). The molecule has 0 aliphatic carbocycles. The number of alkyl halides is 3. The third-order valence-corrected chi connectivity index (χ3v) is 3.50. The Morgan fingerprint density at radius 3 is 2.54 bits per heavy atom. The van der Waals surface area contributed by atoms with Crippen molar-refractivity contribution in [2.75, 3.05) is 25.1 Å². The number of halogens is 3. The van der Waals surface area contributed by atoms with Crippen LogP contribution in [0.3, 0.4) is 0 Å². The lowest BCUT2D eigenvalue weighted by molar-refractivity contribution is -0.146. The van der Waals surface area contributed by atoms with E-state index in [1.54, 1.807) is 0 Å². The molecule has 2 N–H and O–H groups in total. The highest BCUT2D eigenvalue weighted by atomic mass is 19.4. The molecule has 0 saturated carbocycles. The van der Waals surface area contributed by atoms with E-state index in [4.69, 9.17) is 9.84 Å². The minimum atomic E-state index is -4.21. The number of rotatable bonds is 11. The van der Waals surface area contributed by atoms with Crippen molar-refractivity contribution in [1.29, 1.82) is 0 Å². The molecule has 2 atom stereocenters. The predicted octanol–water partition coefficient (Wildman–Crippen LogP) is 4.18. The van der Waals surface area contributed by atoms with Crippen LogP contribution in [0, 0.1) is 11.8 Å². The van der Waals surface area contributed by atoms with Crippen molar-refractivity contribution in [2.45, 2.75) is 32.4 Å². The number of hydrogen-bond donors (Lipinski definition) is 2. The SMILES string of the molecule is CC(COCCC(F)(F)F)CC(CNc1ccccc1)CC(=O)O. The molecule has 1 aromatic carbocycles. The highest BCUT2D eigenvalue weighted by Gasteiger charge is 2.26. The Labute approximate surface area is 140 Å². The van der Waals surface area contributed by atoms with Gasteiger partial charge in [-0.3, -0.25) is 4.79 Å². The number of benzene rings is 1. The smallest absolute Gasteiger partial charge is 0.391 e. The maximum absolute atomic E-state index is 12.0. The fourth-order valence-corrected chi connectivity index (χ4v) is 2.41. The second-order valence-electron chi connectivity index (χ2n) is 5.99. The number of carboxylic acids is 1. The van der Waals surface area contributed by atoms with Crippen LogP contribution in [0.2, 0.25) is 0 Å². The third-order valence-electron chi connectivity index (χ3n) is 3.50. The quantitative estimate of drug-likeness (QED) is 0.590. The van der Waals surface area contributed by atoms with Crippen molar-refractivity contribution >= 4 is 11.7 Å². The van der Waals surface area contributed by atoms with Gasteiger partial charge in [0, 0.05) is 25.3 Å². The Morgan fingerprint density at radius 2 is 1.96 bits per heavy atom. The Kier molecular flexibility index (Phi) is 8.60. The largest absolute Gasteiger partial charge is 0.481 e. The van der Waals surface area contributed by atoms with Gasteiger partial charge < -0.3 is 15.2 Å². The molecule has 1 aromatic rings. The Bertz CT molecular complexity index is 480. The highest BCUT2D eigenvalue weighted by molar-refractivity contribution is 5.67. The molecule has 7 heteroatoms. The van der Waals surface area contributed by atoms with Crippen LogP contribution >= 0.6 is 0 Å². The molecule has 0 radical (unpaired) electrons. The molecule has 0 saturated heterocycles. The molecular weight excluding hydrogens is 323 g/mol. The van der Waals surface area contributed by atoms with Crippen LogP contribution in [-0.2, 0) is 9.53 Å². The second-order valence-corrected chi connectivity index (χ2v) is 5.99. The Hall–Kier alpha value is -1.76. The molecule has 136 valence electrons. The molecule has 0 aliphatic rings. The summed E-state index contributed by atoms with van der Waals surface area (Å²) in [4.78, 5) is 11.0. The van der Waals surface area contributed by atoms with E-state index in [0.29, 0.717) is 13.0 Å². The summed E-state index contributed by atoms with van der Waals surface area (Å²) in [6.07, 6.45) is -4.60. The minimum absolute atomic E-state index is 0.00667. The van der Waals surface area contributed by atoms with Gasteiger partial charge in [-0.15, -0.1) is 0 Å². The standard InChI is InChI=1S/C17H24F3NO3/c1-13(12-24-8-7-17(18,19)20)9-14(10-16(22)23)11-21-15-5-3-2-4-6-15/h2-6,13-14,21H,7-12H2,1H3,(H,22,23). The maximum Gasteiger partial charge on any atom is 0.391 e. The fraction of sp³-hybridized carbons (Fsp3) is 0.588. The molecule has 0 fully saturated rings. The molecule has 4 nitrogen and oxygen atoms in total. The van der Waals surface area contributed by atoms with Crippen LogP contribution in [0.5, 0.6) is 0 Å². The fourth-order valence-electron chi connectivity index (χ4n) is 2.41. The van der Waals surface area contributed by atoms with Gasteiger partial charge in [-0.1, -0.05) is 25.1 Å². The Balaban J connectivity index is 2.36. The van der Waals surface area contributed by atoms with Crippen LogP contribution in [0.1, 0.15) is 26.2 Å². The number of carboxylic acid groups (broad SMARTS) is 1. The molecular formula is C17H24F3NO3. The summed E-state index contributed by atoms with van der Waals surface area (Å²) in [5, 5.41) is 12.2. The summed E-state index contributed by atoms with van der Waals surface area (Å²) in [5.74, 6) is -1.02. The summed E-state index contributed by atoms with van der Waals surface area (Å²) in [6, 6.07) is 9.43. The predicted molar refractivity (Wildman–Crippen MR) is 85.9 cm³/mol. The zero-order valence-electron chi connectivity index (χ0n) is 13.7. The average molecular weight is 347 g/mol. The summed E-state index contributed by atoms with van der Waals surface area (Å²) < 4.78 is 41.2. The van der Waals surface area contributed by atoms with Crippen molar-refractivity contribution in [3.63, 3.8) is 0 Å². The van der Waals surface area contributed by atoms with Crippen molar-refractivity contribution < 1.29 is 27.8 Å². The number of hydrogen-bond acceptors (Lipinski definition) is 3. The molecule has 0 spiro atoms. The lowest BCUT2D eigenvalue weighted by atomic mass is 9.93. The Morgan fingerprint density at radius 1 is 1.29 bits per heavy atom. The van der Waals surface area contributed by atoms with Gasteiger partial charge in [-0.25, -0.2) is 0 Å². The molecule has 0 heterocycles. The number of nitrogens with one attached hydrogen (secondary N) is 1. The van der Waals surface area contributed by atoms with Crippen molar-refractivity contribution in [3.05, 3.63) is 30.3 Å². The van der Waals surface area contributed by atoms with Crippen LogP contribution < -0.4 is 5.32 Å². The van der Waals surface area contributed by atoms with Crippen LogP contribution in [-0.4, -0.2) is 37.0 Å². The molecule has 0 bridgehead atoms. The lowest BCUT2D eigenvalue weighted by Crippen LogP contribution is -2.22. The first-order chi connectivity index (χ1) is 11.3. The number of carbonyl (C=O) groups is 1. The van der Waals surface area contributed by atoms with E-state index in [9.17, 15) is 18.0 Å². The van der Waals surface area contributed by atoms with Crippen LogP contribution in [0.15, 0.2) is 30.3 Å². The maximum atomic E-state index is 12.0. The van der Waals surface area contributed by atoms with Gasteiger partial charge in [0.25, 0.3) is 0 Å². The zero-order chi connectivity index (χ0) is 18.0. The van der Waals surface area contributed by atoms with Gasteiger partial charge >= 0.3 is 12.1 Å². The number of para-hydroxylation sites is 1. The van der Waals surface area contributed by atoms with E-state index in [2.05, 4.69) is 5.32 Å². The molecule has 0 amide bonds. The number of aliphatic carboxylic acids is 1. The zero-order valence-corrected chi connectivity index (χ0v) is 13.7. The van der Waals surface area contributed by atoms with Crippen molar-refractivity contribution in [3.8, 4) is 0 Å². The minimum Gasteiger partial charge on any atom is -0.481 e. The first-order valence-corrected chi connectivity index (χ1v) is 7.91. The van der Waals surface area contributed by atoms with Gasteiger partial charge in [0.05, 0.1) is 13.0 Å². The topological polar surface area (TPSA) is 58.6 Å². The summed E-state index contributed by atoms with van der Waals surface area (Å²) in [5.41, 5.74) is 0.905. The summed E-state index contributed by atoms with van der Waals surface area (Å²) >= 11 is 0. The molecule has 0 aromatic heterocycles. The van der Waals surface area contributed by atoms with E-state index in [1.807, 2.05) is 37.3 Å².